The lowest BCUT2D eigenvalue weighted by Crippen LogP contribution is -2.44. The standard InChI is InChI=1S/C27H25ClF3N5O/c1-35-9-11-36(12-10-35)17-20-6-7-23(16-24(20)27(29,30)31)34-26(37)21-13-18(14-22(28)15-21)4-5-19-3-2-8-33-25(19)32/h2-3,6-8,13-16H,9-12,17H2,1H3,(H2,32,33)(H,34,37). The Kier molecular flexibility index (Phi) is 8.03. The second-order valence-electron chi connectivity index (χ2n) is 8.82. The molecule has 1 aliphatic heterocycles. The number of nitrogens with two attached hydrogens (primary N) is 1. The molecule has 3 aromatic rings. The van der Waals surface area contributed by atoms with Crippen LogP contribution in [0.15, 0.2) is 54.7 Å². The smallest absolute Gasteiger partial charge is 0.383 e. The summed E-state index contributed by atoms with van der Waals surface area (Å²) in [6, 6.07) is 11.8. The molecule has 0 atom stereocenters. The molecule has 37 heavy (non-hydrogen) atoms. The molecule has 2 aromatic carbocycles. The Bertz CT molecular complexity index is 1360. The second-order valence-corrected chi connectivity index (χ2v) is 9.25. The molecule has 10 heteroatoms. The molecule has 1 aliphatic rings. The molecule has 192 valence electrons. The van der Waals surface area contributed by atoms with Crippen molar-refractivity contribution < 1.29 is 18.0 Å². The van der Waals surface area contributed by atoms with Crippen LogP contribution in [0.1, 0.15) is 32.6 Å². The average Bonchev–Trinajstić information content (AvgIpc) is 2.85. The van der Waals surface area contributed by atoms with Gasteiger partial charge in [-0.1, -0.05) is 29.5 Å². The van der Waals surface area contributed by atoms with Crippen LogP contribution in [0.4, 0.5) is 24.7 Å². The van der Waals surface area contributed by atoms with Gasteiger partial charge in [0.2, 0.25) is 0 Å². The summed E-state index contributed by atoms with van der Waals surface area (Å²) in [4.78, 5) is 21.0. The molecule has 1 amide bonds. The van der Waals surface area contributed by atoms with Crippen molar-refractivity contribution in [1.29, 1.82) is 0 Å². The first kappa shape index (κ1) is 26.5. The fraction of sp³-hybridized carbons (Fsp3) is 0.259. The normalized spacial score (nSPS) is 14.6. The van der Waals surface area contributed by atoms with Gasteiger partial charge in [0.1, 0.15) is 5.82 Å². The average molecular weight is 528 g/mol. The van der Waals surface area contributed by atoms with E-state index in [4.69, 9.17) is 17.3 Å². The molecule has 3 N–H and O–H groups in total. The zero-order chi connectivity index (χ0) is 26.6. The van der Waals surface area contributed by atoms with Gasteiger partial charge in [0, 0.05) is 60.8 Å². The summed E-state index contributed by atoms with van der Waals surface area (Å²) in [6.07, 6.45) is -3.01. The third-order valence-corrected chi connectivity index (χ3v) is 6.22. The molecule has 6 nitrogen and oxygen atoms in total. The molecular weight excluding hydrogens is 503 g/mol. The Labute approximate surface area is 218 Å². The number of carbonyl (C=O) groups excluding carboxylic acids is 1. The lowest BCUT2D eigenvalue weighted by molar-refractivity contribution is -0.138. The third-order valence-electron chi connectivity index (χ3n) is 6.00. The zero-order valence-electron chi connectivity index (χ0n) is 20.1. The Morgan fingerprint density at radius 2 is 1.86 bits per heavy atom. The topological polar surface area (TPSA) is 74.5 Å². The molecule has 0 unspecified atom stereocenters. The number of halogens is 4. The Morgan fingerprint density at radius 3 is 2.57 bits per heavy atom. The molecule has 1 aromatic heterocycles. The number of nitrogens with zero attached hydrogens (tertiary/aromatic N) is 3. The third kappa shape index (κ3) is 7.01. The van der Waals surface area contributed by atoms with Gasteiger partial charge >= 0.3 is 6.18 Å². The van der Waals surface area contributed by atoms with E-state index < -0.39 is 17.6 Å². The Balaban J connectivity index is 1.54. The van der Waals surface area contributed by atoms with E-state index in [0.717, 1.165) is 19.2 Å². The van der Waals surface area contributed by atoms with Gasteiger partial charge in [-0.15, -0.1) is 0 Å². The molecule has 0 aliphatic carbocycles. The highest BCUT2D eigenvalue weighted by molar-refractivity contribution is 6.31. The van der Waals surface area contributed by atoms with Gasteiger partial charge in [0.15, 0.2) is 0 Å². The van der Waals surface area contributed by atoms with Gasteiger partial charge in [-0.2, -0.15) is 13.2 Å². The van der Waals surface area contributed by atoms with Crippen molar-refractivity contribution in [1.82, 2.24) is 14.8 Å². The Morgan fingerprint density at radius 1 is 1.11 bits per heavy atom. The largest absolute Gasteiger partial charge is 0.416 e. The van der Waals surface area contributed by atoms with Crippen LogP contribution in [0.5, 0.6) is 0 Å². The maximum absolute atomic E-state index is 13.9. The van der Waals surface area contributed by atoms with Crippen molar-refractivity contribution in [2.75, 3.05) is 44.3 Å². The maximum Gasteiger partial charge on any atom is 0.416 e. The first-order valence-corrected chi connectivity index (χ1v) is 11.9. The summed E-state index contributed by atoms with van der Waals surface area (Å²) < 4.78 is 41.6. The van der Waals surface area contributed by atoms with Crippen LogP contribution in [-0.4, -0.2) is 53.9 Å². The number of hydrogen-bond donors (Lipinski definition) is 2. The number of rotatable bonds is 4. The fourth-order valence-corrected chi connectivity index (χ4v) is 4.20. The van der Waals surface area contributed by atoms with E-state index in [1.54, 1.807) is 24.4 Å². The van der Waals surface area contributed by atoms with Crippen LogP contribution < -0.4 is 11.1 Å². The van der Waals surface area contributed by atoms with E-state index >= 15 is 0 Å². The number of aromatic nitrogens is 1. The number of benzene rings is 2. The van der Waals surface area contributed by atoms with Crippen molar-refractivity contribution in [3.05, 3.63) is 87.6 Å². The van der Waals surface area contributed by atoms with E-state index in [0.29, 0.717) is 24.2 Å². The molecule has 1 fully saturated rings. The van der Waals surface area contributed by atoms with E-state index in [1.807, 2.05) is 11.9 Å². The molecule has 0 spiro atoms. The maximum atomic E-state index is 13.9. The predicted octanol–water partition coefficient (Wildman–Crippen LogP) is 4.74. The number of nitrogens with one attached hydrogen (secondary N) is 1. The highest BCUT2D eigenvalue weighted by atomic mass is 35.5. The number of pyridine rings is 1. The van der Waals surface area contributed by atoms with E-state index in [2.05, 4.69) is 27.0 Å². The number of alkyl halides is 3. The van der Waals surface area contributed by atoms with Crippen LogP contribution in [0.2, 0.25) is 5.02 Å². The van der Waals surface area contributed by atoms with Crippen molar-refractivity contribution in [2.24, 2.45) is 0 Å². The number of nitrogen functional groups attached to an aromatic ring is 1. The van der Waals surface area contributed by atoms with E-state index in [1.165, 1.54) is 24.3 Å². The predicted molar refractivity (Wildman–Crippen MR) is 138 cm³/mol. The van der Waals surface area contributed by atoms with Crippen molar-refractivity contribution in [3.63, 3.8) is 0 Å². The van der Waals surface area contributed by atoms with Gasteiger partial charge < -0.3 is 16.0 Å². The van der Waals surface area contributed by atoms with Crippen LogP contribution in [-0.2, 0) is 12.7 Å². The first-order chi connectivity index (χ1) is 17.6. The summed E-state index contributed by atoms with van der Waals surface area (Å²) in [7, 11) is 1.99. The minimum Gasteiger partial charge on any atom is -0.383 e. The lowest BCUT2D eigenvalue weighted by atomic mass is 10.0. The number of anilines is 2. The van der Waals surface area contributed by atoms with Gasteiger partial charge in [-0.3, -0.25) is 9.69 Å². The number of likely N-dealkylation sites (N-methyl/N-ethyl adjacent to an activating group) is 1. The SMILES string of the molecule is CN1CCN(Cc2ccc(NC(=O)c3cc(Cl)cc(C#Cc4cccnc4N)c3)cc2C(F)(F)F)CC1. The summed E-state index contributed by atoms with van der Waals surface area (Å²) in [5.41, 5.74) is 6.36. The van der Waals surface area contributed by atoms with Crippen LogP contribution in [0.3, 0.4) is 0 Å². The monoisotopic (exact) mass is 527 g/mol. The van der Waals surface area contributed by atoms with Gasteiger partial charge in [0.25, 0.3) is 5.91 Å². The van der Waals surface area contributed by atoms with Crippen molar-refractivity contribution in [3.8, 4) is 11.8 Å². The molecular formula is C27H25ClF3N5O. The fourth-order valence-electron chi connectivity index (χ4n) is 3.96. The molecule has 0 saturated carbocycles. The summed E-state index contributed by atoms with van der Waals surface area (Å²) in [6.45, 7) is 3.18. The van der Waals surface area contributed by atoms with Crippen LogP contribution in [0, 0.1) is 11.8 Å². The number of carbonyl (C=O) groups is 1. The van der Waals surface area contributed by atoms with Crippen molar-refractivity contribution in [2.45, 2.75) is 12.7 Å². The van der Waals surface area contributed by atoms with E-state index in [-0.39, 0.29) is 34.2 Å². The minimum atomic E-state index is -4.56. The molecule has 4 rings (SSSR count). The molecule has 0 radical (unpaired) electrons. The Hall–Kier alpha value is -3.58. The zero-order valence-corrected chi connectivity index (χ0v) is 20.8. The highest BCUT2D eigenvalue weighted by Gasteiger charge is 2.34. The number of hydrogen-bond acceptors (Lipinski definition) is 5. The number of piperazine rings is 1. The lowest BCUT2D eigenvalue weighted by Gasteiger charge is -2.33. The van der Waals surface area contributed by atoms with Gasteiger partial charge in [-0.05, 0) is 55.1 Å². The highest BCUT2D eigenvalue weighted by Crippen LogP contribution is 2.34. The summed E-state index contributed by atoms with van der Waals surface area (Å²) in [5.74, 6) is 5.43. The van der Waals surface area contributed by atoms with Crippen LogP contribution >= 0.6 is 11.6 Å². The van der Waals surface area contributed by atoms with Crippen molar-refractivity contribution >= 4 is 29.0 Å². The summed E-state index contributed by atoms with van der Waals surface area (Å²) >= 11 is 6.18. The van der Waals surface area contributed by atoms with Gasteiger partial charge in [0.05, 0.1) is 11.1 Å². The summed E-state index contributed by atoms with van der Waals surface area (Å²) in [5, 5.41) is 2.81. The minimum absolute atomic E-state index is 0.0372. The molecule has 2 heterocycles. The quantitative estimate of drug-likeness (QED) is 0.480. The van der Waals surface area contributed by atoms with Gasteiger partial charge in [-0.25, -0.2) is 4.98 Å². The number of amides is 1. The molecule has 1 saturated heterocycles. The second kappa shape index (κ2) is 11.2. The molecule has 0 bridgehead atoms. The van der Waals surface area contributed by atoms with Crippen LogP contribution in [0.25, 0.3) is 0 Å². The van der Waals surface area contributed by atoms with E-state index in [9.17, 15) is 18.0 Å². The first-order valence-electron chi connectivity index (χ1n) is 11.5.